The van der Waals surface area contributed by atoms with E-state index in [4.69, 9.17) is 16.3 Å². The molecule has 0 aromatic heterocycles. The summed E-state index contributed by atoms with van der Waals surface area (Å²) in [5.41, 5.74) is 2.38. The smallest absolute Gasteiger partial charge is 0.0479 e. The Morgan fingerprint density at radius 2 is 2.00 bits per heavy atom. The molecule has 0 bridgehead atoms. The molecular weight excluding hydrogens is 272 g/mol. The van der Waals surface area contributed by atoms with E-state index in [0.29, 0.717) is 0 Å². The first-order valence-electron chi connectivity index (χ1n) is 7.07. The number of hydrogen-bond acceptors (Lipinski definition) is 3. The summed E-state index contributed by atoms with van der Waals surface area (Å²) in [4.78, 5) is 2.20. The standard InChI is InChI=1S/C16H27ClN2O/c1-16(2,3)18-12-13-7-8-14(11-15(13)17)19(4)9-6-10-20-5/h7-8,11,18H,6,9-10,12H2,1-5H3. The number of halogens is 1. The molecule has 20 heavy (non-hydrogen) atoms. The van der Waals surface area contributed by atoms with Crippen molar-refractivity contribution in [1.82, 2.24) is 5.32 Å². The SMILES string of the molecule is COCCCN(C)c1ccc(CNC(C)(C)C)c(Cl)c1. The van der Waals surface area contributed by atoms with Gasteiger partial charge in [0, 0.05) is 50.1 Å². The third kappa shape index (κ3) is 6.12. The molecule has 1 rings (SSSR count). The summed E-state index contributed by atoms with van der Waals surface area (Å²) in [5, 5.41) is 4.27. The van der Waals surface area contributed by atoms with Gasteiger partial charge in [-0.2, -0.15) is 0 Å². The van der Waals surface area contributed by atoms with Crippen LogP contribution in [-0.4, -0.2) is 32.8 Å². The van der Waals surface area contributed by atoms with Crippen LogP contribution >= 0.6 is 11.6 Å². The Morgan fingerprint density at radius 1 is 1.30 bits per heavy atom. The van der Waals surface area contributed by atoms with Gasteiger partial charge >= 0.3 is 0 Å². The van der Waals surface area contributed by atoms with Gasteiger partial charge in [-0.1, -0.05) is 17.7 Å². The average Bonchev–Trinajstić information content (AvgIpc) is 2.36. The molecule has 114 valence electrons. The number of nitrogens with zero attached hydrogens (tertiary/aromatic N) is 1. The second-order valence-corrected chi connectivity index (χ2v) is 6.55. The first-order chi connectivity index (χ1) is 9.33. The lowest BCUT2D eigenvalue weighted by atomic mass is 10.1. The normalized spacial score (nSPS) is 11.7. The molecule has 0 spiro atoms. The van der Waals surface area contributed by atoms with E-state index in [2.05, 4.69) is 50.2 Å². The molecule has 1 aromatic carbocycles. The van der Waals surface area contributed by atoms with Crippen molar-refractivity contribution >= 4 is 17.3 Å². The lowest BCUT2D eigenvalue weighted by molar-refractivity contribution is 0.196. The van der Waals surface area contributed by atoms with Crippen LogP contribution in [-0.2, 0) is 11.3 Å². The molecule has 0 radical (unpaired) electrons. The highest BCUT2D eigenvalue weighted by atomic mass is 35.5. The number of benzene rings is 1. The first kappa shape index (κ1) is 17.3. The number of ether oxygens (including phenoxy) is 1. The second-order valence-electron chi connectivity index (χ2n) is 6.15. The number of rotatable bonds is 7. The number of nitrogens with one attached hydrogen (secondary N) is 1. The monoisotopic (exact) mass is 298 g/mol. The zero-order valence-electron chi connectivity index (χ0n) is 13.3. The van der Waals surface area contributed by atoms with Gasteiger partial charge < -0.3 is 15.0 Å². The molecule has 0 amide bonds. The molecule has 0 aliphatic carbocycles. The van der Waals surface area contributed by atoms with Gasteiger partial charge in [0.1, 0.15) is 0 Å². The predicted octanol–water partition coefficient (Wildman–Crippen LogP) is 3.70. The van der Waals surface area contributed by atoms with Crippen molar-refractivity contribution in [2.24, 2.45) is 0 Å². The summed E-state index contributed by atoms with van der Waals surface area (Å²) in [7, 11) is 3.81. The molecule has 0 heterocycles. The van der Waals surface area contributed by atoms with Crippen LogP contribution in [0.3, 0.4) is 0 Å². The molecule has 0 saturated heterocycles. The Balaban J connectivity index is 2.62. The zero-order valence-corrected chi connectivity index (χ0v) is 14.0. The van der Waals surface area contributed by atoms with Gasteiger partial charge in [-0.25, -0.2) is 0 Å². The molecule has 4 heteroatoms. The van der Waals surface area contributed by atoms with Gasteiger partial charge in [0.15, 0.2) is 0 Å². The fourth-order valence-electron chi connectivity index (χ4n) is 1.85. The van der Waals surface area contributed by atoms with E-state index in [0.717, 1.165) is 42.4 Å². The molecule has 0 saturated carbocycles. The summed E-state index contributed by atoms with van der Waals surface area (Å²) in [6.45, 7) is 8.99. The summed E-state index contributed by atoms with van der Waals surface area (Å²) in [5.74, 6) is 0. The maximum atomic E-state index is 6.37. The largest absolute Gasteiger partial charge is 0.385 e. The molecule has 0 unspecified atom stereocenters. The van der Waals surface area contributed by atoms with Crippen molar-refractivity contribution in [3.8, 4) is 0 Å². The van der Waals surface area contributed by atoms with Crippen LogP contribution < -0.4 is 10.2 Å². The summed E-state index contributed by atoms with van der Waals surface area (Å²) < 4.78 is 5.07. The Kier molecular flexibility index (Phi) is 6.80. The average molecular weight is 299 g/mol. The minimum Gasteiger partial charge on any atom is -0.385 e. The number of anilines is 1. The predicted molar refractivity (Wildman–Crippen MR) is 87.8 cm³/mol. The van der Waals surface area contributed by atoms with Crippen LogP contribution in [0.25, 0.3) is 0 Å². The molecule has 0 atom stereocenters. The quantitative estimate of drug-likeness (QED) is 0.777. The highest BCUT2D eigenvalue weighted by Gasteiger charge is 2.11. The third-order valence-electron chi connectivity index (χ3n) is 3.13. The lowest BCUT2D eigenvalue weighted by Gasteiger charge is -2.22. The van der Waals surface area contributed by atoms with E-state index in [1.54, 1.807) is 7.11 Å². The molecule has 0 aliphatic heterocycles. The number of methoxy groups -OCH3 is 1. The van der Waals surface area contributed by atoms with Crippen LogP contribution in [0, 0.1) is 0 Å². The minimum atomic E-state index is 0.0962. The molecule has 1 aromatic rings. The second kappa shape index (κ2) is 7.87. The van der Waals surface area contributed by atoms with Crippen LogP contribution in [0.5, 0.6) is 0 Å². The van der Waals surface area contributed by atoms with E-state index in [1.807, 2.05) is 6.07 Å². The topological polar surface area (TPSA) is 24.5 Å². The third-order valence-corrected chi connectivity index (χ3v) is 3.48. The molecule has 0 fully saturated rings. The van der Waals surface area contributed by atoms with Gasteiger partial charge in [-0.05, 0) is 44.9 Å². The van der Waals surface area contributed by atoms with Crippen LogP contribution in [0.15, 0.2) is 18.2 Å². The van der Waals surface area contributed by atoms with Gasteiger partial charge in [0.2, 0.25) is 0 Å². The highest BCUT2D eigenvalue weighted by Crippen LogP contribution is 2.23. The summed E-state index contributed by atoms with van der Waals surface area (Å²) in [6, 6.07) is 6.26. The maximum Gasteiger partial charge on any atom is 0.0479 e. The van der Waals surface area contributed by atoms with E-state index in [9.17, 15) is 0 Å². The van der Waals surface area contributed by atoms with E-state index < -0.39 is 0 Å². The molecule has 1 N–H and O–H groups in total. The van der Waals surface area contributed by atoms with Crippen molar-refractivity contribution < 1.29 is 4.74 Å². The van der Waals surface area contributed by atoms with Crippen molar-refractivity contribution in [2.45, 2.75) is 39.3 Å². The Bertz CT molecular complexity index is 415. The number of hydrogen-bond donors (Lipinski definition) is 1. The zero-order chi connectivity index (χ0) is 15.2. The Morgan fingerprint density at radius 3 is 2.55 bits per heavy atom. The van der Waals surface area contributed by atoms with Gasteiger partial charge in [0.05, 0.1) is 0 Å². The maximum absolute atomic E-state index is 6.37. The van der Waals surface area contributed by atoms with E-state index in [-0.39, 0.29) is 5.54 Å². The first-order valence-corrected chi connectivity index (χ1v) is 7.45. The molecular formula is C16H27ClN2O. The molecule has 0 aliphatic rings. The van der Waals surface area contributed by atoms with Crippen molar-refractivity contribution in [3.63, 3.8) is 0 Å². The Hall–Kier alpha value is -0.770. The van der Waals surface area contributed by atoms with Crippen LogP contribution in [0.1, 0.15) is 32.8 Å². The minimum absolute atomic E-state index is 0.0962. The summed E-state index contributed by atoms with van der Waals surface area (Å²) in [6.07, 6.45) is 1.01. The lowest BCUT2D eigenvalue weighted by Crippen LogP contribution is -2.35. The van der Waals surface area contributed by atoms with Crippen LogP contribution in [0.2, 0.25) is 5.02 Å². The summed E-state index contributed by atoms with van der Waals surface area (Å²) >= 11 is 6.37. The van der Waals surface area contributed by atoms with Crippen molar-refractivity contribution in [3.05, 3.63) is 28.8 Å². The highest BCUT2D eigenvalue weighted by molar-refractivity contribution is 6.31. The van der Waals surface area contributed by atoms with Gasteiger partial charge in [0.25, 0.3) is 0 Å². The van der Waals surface area contributed by atoms with E-state index in [1.165, 1.54) is 0 Å². The van der Waals surface area contributed by atoms with Gasteiger partial charge in [-0.15, -0.1) is 0 Å². The van der Waals surface area contributed by atoms with Crippen molar-refractivity contribution in [1.29, 1.82) is 0 Å². The fraction of sp³-hybridized carbons (Fsp3) is 0.625. The van der Waals surface area contributed by atoms with Crippen LogP contribution in [0.4, 0.5) is 5.69 Å². The molecule has 3 nitrogen and oxygen atoms in total. The fourth-order valence-corrected chi connectivity index (χ4v) is 2.09. The van der Waals surface area contributed by atoms with Gasteiger partial charge in [-0.3, -0.25) is 0 Å². The van der Waals surface area contributed by atoms with Crippen molar-refractivity contribution in [2.75, 3.05) is 32.2 Å². The Labute approximate surface area is 128 Å². The van der Waals surface area contributed by atoms with E-state index >= 15 is 0 Å².